The van der Waals surface area contributed by atoms with Crippen LogP contribution in [0.15, 0.2) is 45.8 Å². The number of thioether (sulfide) groups is 1. The third kappa shape index (κ3) is 5.48. The van der Waals surface area contributed by atoms with Crippen LogP contribution in [0.25, 0.3) is 6.08 Å². The number of carbonyl (C=O) groups excluding carboxylic acids is 3. The molecule has 3 amide bonds. The van der Waals surface area contributed by atoms with Crippen LogP contribution < -0.4 is 14.8 Å². The largest absolute Gasteiger partial charge is 0.493 e. The molecule has 1 saturated heterocycles. The van der Waals surface area contributed by atoms with Crippen molar-refractivity contribution in [3.63, 3.8) is 0 Å². The summed E-state index contributed by atoms with van der Waals surface area (Å²) in [7, 11) is 1.52. The second kappa shape index (κ2) is 10.0. The number of nitrogens with one attached hydrogen (secondary N) is 1. The van der Waals surface area contributed by atoms with Crippen LogP contribution in [0, 0.1) is 6.92 Å². The number of halogens is 1. The average Bonchev–Trinajstić information content (AvgIpc) is 2.98. The number of nitrogens with zero attached hydrogens (tertiary/aromatic N) is 1. The van der Waals surface area contributed by atoms with Crippen molar-refractivity contribution in [2.24, 2.45) is 0 Å². The zero-order chi connectivity index (χ0) is 22.5. The zero-order valence-corrected chi connectivity index (χ0v) is 19.6. The van der Waals surface area contributed by atoms with Gasteiger partial charge in [0.15, 0.2) is 11.5 Å². The Hall–Kier alpha value is -2.78. The molecule has 0 atom stereocenters. The number of carbonyl (C=O) groups is 3. The lowest BCUT2D eigenvalue weighted by molar-refractivity contribution is -0.127. The maximum Gasteiger partial charge on any atom is 0.294 e. The highest BCUT2D eigenvalue weighted by Crippen LogP contribution is 2.39. The summed E-state index contributed by atoms with van der Waals surface area (Å²) in [6, 6.07) is 10.7. The summed E-state index contributed by atoms with van der Waals surface area (Å²) in [4.78, 5) is 38.5. The van der Waals surface area contributed by atoms with Gasteiger partial charge in [0.1, 0.15) is 6.54 Å². The molecule has 1 fully saturated rings. The SMILES string of the molecule is CCOc1c(Br)cc(/C=C2\SC(=O)N(CC(=O)Nc3ccc(C)cc3)C2=O)cc1OC. The molecule has 2 aromatic rings. The maximum absolute atomic E-state index is 12.7. The molecule has 0 spiro atoms. The Morgan fingerprint density at radius 1 is 1.23 bits per heavy atom. The quantitative estimate of drug-likeness (QED) is 0.543. The van der Waals surface area contributed by atoms with Gasteiger partial charge in [0.05, 0.1) is 23.1 Å². The molecule has 3 rings (SSSR count). The Labute approximate surface area is 192 Å². The van der Waals surface area contributed by atoms with Crippen molar-refractivity contribution < 1.29 is 23.9 Å². The molecule has 1 N–H and O–H groups in total. The van der Waals surface area contributed by atoms with E-state index < -0.39 is 17.1 Å². The first-order valence-corrected chi connectivity index (χ1v) is 11.1. The fraction of sp³-hybridized carbons (Fsp3) is 0.227. The predicted molar refractivity (Wildman–Crippen MR) is 124 cm³/mol. The van der Waals surface area contributed by atoms with Crippen molar-refractivity contribution >= 4 is 56.5 Å². The van der Waals surface area contributed by atoms with Crippen molar-refractivity contribution in [2.45, 2.75) is 13.8 Å². The number of ether oxygens (including phenoxy) is 2. The molecule has 0 unspecified atom stereocenters. The number of methoxy groups -OCH3 is 1. The van der Waals surface area contributed by atoms with Gasteiger partial charge in [-0.2, -0.15) is 0 Å². The van der Waals surface area contributed by atoms with Gasteiger partial charge < -0.3 is 14.8 Å². The molecule has 1 aliphatic heterocycles. The van der Waals surface area contributed by atoms with E-state index in [1.54, 1.807) is 30.3 Å². The summed E-state index contributed by atoms with van der Waals surface area (Å²) in [6.07, 6.45) is 1.59. The molecule has 1 heterocycles. The lowest BCUT2D eigenvalue weighted by Crippen LogP contribution is -2.36. The number of hydrogen-bond donors (Lipinski definition) is 1. The first kappa shape index (κ1) is 22.9. The van der Waals surface area contributed by atoms with E-state index >= 15 is 0 Å². The first-order valence-electron chi connectivity index (χ1n) is 9.44. The molecule has 7 nitrogen and oxygen atoms in total. The van der Waals surface area contributed by atoms with Crippen molar-refractivity contribution in [2.75, 3.05) is 25.6 Å². The molecule has 9 heteroatoms. The van der Waals surface area contributed by atoms with Crippen LogP contribution in [-0.2, 0) is 9.59 Å². The van der Waals surface area contributed by atoms with Crippen LogP contribution in [0.4, 0.5) is 10.5 Å². The molecule has 162 valence electrons. The summed E-state index contributed by atoms with van der Waals surface area (Å²) in [5.41, 5.74) is 2.32. The number of anilines is 1. The summed E-state index contributed by atoms with van der Waals surface area (Å²) in [6.45, 7) is 3.92. The Balaban J connectivity index is 1.75. The van der Waals surface area contributed by atoms with Gasteiger partial charge in [0, 0.05) is 5.69 Å². The molecule has 0 aromatic heterocycles. The van der Waals surface area contributed by atoms with Crippen LogP contribution in [0.5, 0.6) is 11.5 Å². The van der Waals surface area contributed by atoms with Gasteiger partial charge in [-0.3, -0.25) is 19.3 Å². The summed E-state index contributed by atoms with van der Waals surface area (Å²) >= 11 is 4.23. The zero-order valence-electron chi connectivity index (χ0n) is 17.2. The van der Waals surface area contributed by atoms with Crippen LogP contribution >= 0.6 is 27.7 Å². The number of amides is 3. The van der Waals surface area contributed by atoms with E-state index in [1.807, 2.05) is 26.0 Å². The molecular formula is C22H21BrN2O5S. The Kier molecular flexibility index (Phi) is 7.40. The number of benzene rings is 2. The van der Waals surface area contributed by atoms with E-state index in [0.29, 0.717) is 33.8 Å². The Morgan fingerprint density at radius 2 is 1.94 bits per heavy atom. The second-order valence-electron chi connectivity index (χ2n) is 6.65. The smallest absolute Gasteiger partial charge is 0.294 e. The van der Waals surface area contributed by atoms with E-state index in [1.165, 1.54) is 7.11 Å². The third-order valence-corrected chi connectivity index (χ3v) is 5.85. The predicted octanol–water partition coefficient (Wildman–Crippen LogP) is 4.84. The fourth-order valence-electron chi connectivity index (χ4n) is 2.88. The molecule has 2 aromatic carbocycles. The van der Waals surface area contributed by atoms with Crippen LogP contribution in [0.1, 0.15) is 18.1 Å². The average molecular weight is 505 g/mol. The first-order chi connectivity index (χ1) is 14.8. The van der Waals surface area contributed by atoms with Gasteiger partial charge >= 0.3 is 0 Å². The van der Waals surface area contributed by atoms with Crippen LogP contribution in [0.3, 0.4) is 0 Å². The van der Waals surface area contributed by atoms with Gasteiger partial charge in [-0.15, -0.1) is 0 Å². The number of imide groups is 1. The molecule has 0 aliphatic carbocycles. The van der Waals surface area contributed by atoms with Gasteiger partial charge in [0.25, 0.3) is 11.1 Å². The molecule has 31 heavy (non-hydrogen) atoms. The third-order valence-electron chi connectivity index (χ3n) is 4.35. The minimum absolute atomic E-state index is 0.228. The minimum atomic E-state index is -0.516. The van der Waals surface area contributed by atoms with Crippen molar-refractivity contribution in [3.05, 3.63) is 56.9 Å². The van der Waals surface area contributed by atoms with Gasteiger partial charge in [0.2, 0.25) is 5.91 Å². The fourth-order valence-corrected chi connectivity index (χ4v) is 4.29. The maximum atomic E-state index is 12.7. The monoisotopic (exact) mass is 504 g/mol. The second-order valence-corrected chi connectivity index (χ2v) is 8.50. The molecular weight excluding hydrogens is 484 g/mol. The van der Waals surface area contributed by atoms with E-state index in [9.17, 15) is 14.4 Å². The molecule has 0 saturated carbocycles. The van der Waals surface area contributed by atoms with Gasteiger partial charge in [-0.05, 0) is 77.4 Å². The minimum Gasteiger partial charge on any atom is -0.493 e. The van der Waals surface area contributed by atoms with Crippen LogP contribution in [-0.4, -0.2) is 42.2 Å². The lowest BCUT2D eigenvalue weighted by atomic mass is 10.2. The van der Waals surface area contributed by atoms with E-state index in [4.69, 9.17) is 9.47 Å². The number of rotatable bonds is 7. The van der Waals surface area contributed by atoms with E-state index in [2.05, 4.69) is 21.2 Å². The Morgan fingerprint density at radius 3 is 2.58 bits per heavy atom. The number of hydrogen-bond acceptors (Lipinski definition) is 6. The summed E-state index contributed by atoms with van der Waals surface area (Å²) in [5, 5.41) is 2.20. The molecule has 1 aliphatic rings. The highest BCUT2D eigenvalue weighted by molar-refractivity contribution is 9.10. The topological polar surface area (TPSA) is 84.9 Å². The standard InChI is InChI=1S/C22H21BrN2O5S/c1-4-30-20-16(23)9-14(10-17(20)29-3)11-18-21(27)25(22(28)31-18)12-19(26)24-15-7-5-13(2)6-8-15/h5-11H,4,12H2,1-3H3,(H,24,26)/b18-11-. The van der Waals surface area contributed by atoms with Crippen molar-refractivity contribution in [3.8, 4) is 11.5 Å². The molecule has 0 bridgehead atoms. The van der Waals surface area contributed by atoms with E-state index in [-0.39, 0.29) is 11.4 Å². The normalized spacial score (nSPS) is 14.8. The van der Waals surface area contributed by atoms with Gasteiger partial charge in [-0.1, -0.05) is 17.7 Å². The lowest BCUT2D eigenvalue weighted by Gasteiger charge is -2.13. The van der Waals surface area contributed by atoms with E-state index in [0.717, 1.165) is 22.2 Å². The Bertz CT molecular complexity index is 1050. The molecule has 0 radical (unpaired) electrons. The summed E-state index contributed by atoms with van der Waals surface area (Å²) in [5.74, 6) is 0.0955. The van der Waals surface area contributed by atoms with Crippen molar-refractivity contribution in [1.29, 1.82) is 0 Å². The highest BCUT2D eigenvalue weighted by atomic mass is 79.9. The number of aryl methyl sites for hydroxylation is 1. The van der Waals surface area contributed by atoms with Crippen molar-refractivity contribution in [1.82, 2.24) is 4.90 Å². The highest BCUT2D eigenvalue weighted by Gasteiger charge is 2.36. The van der Waals surface area contributed by atoms with Crippen LogP contribution in [0.2, 0.25) is 0 Å². The van der Waals surface area contributed by atoms with Gasteiger partial charge in [-0.25, -0.2) is 0 Å². The summed E-state index contributed by atoms with van der Waals surface area (Å²) < 4.78 is 11.6.